The minimum absolute atomic E-state index is 0.00355. The second kappa shape index (κ2) is 10.0. The third-order valence-corrected chi connectivity index (χ3v) is 4.61. The van der Waals surface area contributed by atoms with Crippen LogP contribution in [0.1, 0.15) is 23.2 Å². The molecular weight excluding hydrogens is 396 g/mol. The lowest BCUT2D eigenvalue weighted by Gasteiger charge is -2.30. The van der Waals surface area contributed by atoms with E-state index in [1.165, 1.54) is 24.3 Å². The van der Waals surface area contributed by atoms with Crippen LogP contribution in [-0.2, 0) is 4.79 Å². The average Bonchev–Trinajstić information content (AvgIpc) is 2.73. The molecule has 1 saturated heterocycles. The number of carbonyl (C=O) groups excluding carboxylic acids is 2. The van der Waals surface area contributed by atoms with E-state index in [-0.39, 0.29) is 24.1 Å². The first-order valence-electron chi connectivity index (χ1n) is 9.57. The first-order valence-corrected chi connectivity index (χ1v) is 9.57. The monoisotopic (exact) mass is 419 g/mol. The summed E-state index contributed by atoms with van der Waals surface area (Å²) in [7, 11) is 0. The zero-order chi connectivity index (χ0) is 21.5. The standard InChI is InChI=1S/C21H23F2N3O4/c22-21(23)30-18-8-6-15(7-9-18)25-19(28)12-24-16-4-1-3-14(11-16)20(29)26-10-2-5-17(27)13-26/h1,3-4,6-9,11,17,21,24,27H,2,5,10,12-13H2,(H,25,28). The van der Waals surface area contributed by atoms with Crippen molar-refractivity contribution < 1.29 is 28.2 Å². The average molecular weight is 419 g/mol. The van der Waals surface area contributed by atoms with E-state index in [1.54, 1.807) is 29.2 Å². The van der Waals surface area contributed by atoms with Crippen molar-refractivity contribution in [3.63, 3.8) is 0 Å². The Hall–Kier alpha value is -3.20. The molecule has 1 fully saturated rings. The lowest BCUT2D eigenvalue weighted by atomic mass is 10.1. The molecule has 0 radical (unpaired) electrons. The molecule has 1 aliphatic rings. The van der Waals surface area contributed by atoms with Crippen LogP contribution in [0.25, 0.3) is 0 Å². The number of nitrogens with one attached hydrogen (secondary N) is 2. The summed E-state index contributed by atoms with van der Waals surface area (Å²) in [5, 5.41) is 15.4. The number of carbonyl (C=O) groups is 2. The fourth-order valence-electron chi connectivity index (χ4n) is 3.19. The summed E-state index contributed by atoms with van der Waals surface area (Å²) in [5.41, 5.74) is 1.52. The number of piperidine rings is 1. The van der Waals surface area contributed by atoms with Crippen molar-refractivity contribution in [1.82, 2.24) is 4.90 Å². The largest absolute Gasteiger partial charge is 0.435 e. The molecule has 30 heavy (non-hydrogen) atoms. The molecule has 3 N–H and O–H groups in total. The number of aliphatic hydroxyl groups is 1. The molecule has 2 amide bonds. The van der Waals surface area contributed by atoms with Crippen LogP contribution < -0.4 is 15.4 Å². The zero-order valence-electron chi connectivity index (χ0n) is 16.2. The van der Waals surface area contributed by atoms with Crippen molar-refractivity contribution in [2.75, 3.05) is 30.3 Å². The van der Waals surface area contributed by atoms with Gasteiger partial charge < -0.3 is 25.4 Å². The Morgan fingerprint density at radius 1 is 1.17 bits per heavy atom. The van der Waals surface area contributed by atoms with Gasteiger partial charge in [-0.25, -0.2) is 0 Å². The lowest BCUT2D eigenvalue weighted by Crippen LogP contribution is -2.42. The Kier molecular flexibility index (Phi) is 7.18. The van der Waals surface area contributed by atoms with Crippen LogP contribution >= 0.6 is 0 Å². The normalized spacial score (nSPS) is 16.3. The van der Waals surface area contributed by atoms with E-state index in [1.807, 2.05) is 0 Å². The van der Waals surface area contributed by atoms with Gasteiger partial charge in [0, 0.05) is 30.0 Å². The number of amides is 2. The van der Waals surface area contributed by atoms with Gasteiger partial charge in [0.2, 0.25) is 5.91 Å². The number of β-amino-alcohol motifs (C(OH)–C–C–N with tert-alkyl or cyclic N) is 1. The fraction of sp³-hybridized carbons (Fsp3) is 0.333. The third-order valence-electron chi connectivity index (χ3n) is 4.61. The summed E-state index contributed by atoms with van der Waals surface area (Å²) >= 11 is 0. The van der Waals surface area contributed by atoms with Crippen molar-refractivity contribution in [1.29, 1.82) is 0 Å². The van der Waals surface area contributed by atoms with Crippen molar-refractivity contribution >= 4 is 23.2 Å². The summed E-state index contributed by atoms with van der Waals surface area (Å²) in [6.45, 7) is -2.02. The first kappa shape index (κ1) is 21.5. The number of alkyl halides is 2. The Balaban J connectivity index is 1.52. The van der Waals surface area contributed by atoms with E-state index >= 15 is 0 Å². The van der Waals surface area contributed by atoms with E-state index < -0.39 is 12.7 Å². The van der Waals surface area contributed by atoms with Crippen molar-refractivity contribution in [3.05, 3.63) is 54.1 Å². The fourth-order valence-corrected chi connectivity index (χ4v) is 3.19. The minimum atomic E-state index is -2.91. The second-order valence-corrected chi connectivity index (χ2v) is 6.93. The Bertz CT molecular complexity index is 877. The van der Waals surface area contributed by atoms with Gasteiger partial charge in [0.1, 0.15) is 5.75 Å². The SMILES string of the molecule is O=C(CNc1cccc(C(=O)N2CCCC(O)C2)c1)Nc1ccc(OC(F)F)cc1. The Morgan fingerprint density at radius 2 is 1.93 bits per heavy atom. The number of nitrogens with zero attached hydrogens (tertiary/aromatic N) is 1. The van der Waals surface area contributed by atoms with E-state index in [4.69, 9.17) is 0 Å². The number of aliphatic hydroxyl groups excluding tert-OH is 1. The molecule has 1 aliphatic heterocycles. The van der Waals surface area contributed by atoms with Gasteiger partial charge in [0.05, 0.1) is 12.6 Å². The van der Waals surface area contributed by atoms with Crippen LogP contribution in [0.3, 0.4) is 0 Å². The predicted molar refractivity (Wildman–Crippen MR) is 108 cm³/mol. The van der Waals surface area contributed by atoms with E-state index in [0.717, 1.165) is 6.42 Å². The minimum Gasteiger partial charge on any atom is -0.435 e. The molecular formula is C21H23F2N3O4. The quantitative estimate of drug-likeness (QED) is 0.642. The van der Waals surface area contributed by atoms with Crippen LogP contribution in [0.2, 0.25) is 0 Å². The number of benzene rings is 2. The first-order chi connectivity index (χ1) is 14.4. The zero-order valence-corrected chi connectivity index (χ0v) is 16.2. The Morgan fingerprint density at radius 3 is 2.63 bits per heavy atom. The summed E-state index contributed by atoms with van der Waals surface area (Å²) in [6, 6.07) is 12.4. The lowest BCUT2D eigenvalue weighted by molar-refractivity contribution is -0.114. The second-order valence-electron chi connectivity index (χ2n) is 6.93. The van der Waals surface area contributed by atoms with Gasteiger partial charge >= 0.3 is 6.61 Å². The van der Waals surface area contributed by atoms with Crippen LogP contribution in [0.5, 0.6) is 5.75 Å². The molecule has 3 rings (SSSR count). The van der Waals surface area contributed by atoms with Crippen molar-refractivity contribution in [2.24, 2.45) is 0 Å². The molecule has 160 valence electrons. The topological polar surface area (TPSA) is 90.9 Å². The maximum absolute atomic E-state index is 12.6. The highest BCUT2D eigenvalue weighted by molar-refractivity contribution is 5.96. The summed E-state index contributed by atoms with van der Waals surface area (Å²) in [4.78, 5) is 26.4. The van der Waals surface area contributed by atoms with Gasteiger partial charge in [-0.2, -0.15) is 8.78 Å². The molecule has 0 saturated carbocycles. The van der Waals surface area contributed by atoms with Gasteiger partial charge in [-0.1, -0.05) is 6.07 Å². The van der Waals surface area contributed by atoms with E-state index in [0.29, 0.717) is 36.4 Å². The summed E-state index contributed by atoms with van der Waals surface area (Å²) < 4.78 is 28.6. The smallest absolute Gasteiger partial charge is 0.387 e. The molecule has 0 aromatic heterocycles. The van der Waals surface area contributed by atoms with Gasteiger partial charge in [-0.05, 0) is 55.3 Å². The predicted octanol–water partition coefficient (Wildman–Crippen LogP) is 2.94. The molecule has 1 heterocycles. The van der Waals surface area contributed by atoms with Crippen molar-refractivity contribution in [2.45, 2.75) is 25.6 Å². The highest BCUT2D eigenvalue weighted by Gasteiger charge is 2.23. The molecule has 9 heteroatoms. The number of likely N-dealkylation sites (tertiary alicyclic amines) is 1. The third kappa shape index (κ3) is 6.15. The van der Waals surface area contributed by atoms with Gasteiger partial charge in [-0.15, -0.1) is 0 Å². The molecule has 7 nitrogen and oxygen atoms in total. The van der Waals surface area contributed by atoms with Gasteiger partial charge in [0.25, 0.3) is 5.91 Å². The van der Waals surface area contributed by atoms with E-state index in [2.05, 4.69) is 15.4 Å². The van der Waals surface area contributed by atoms with Crippen LogP contribution in [0, 0.1) is 0 Å². The summed E-state index contributed by atoms with van der Waals surface area (Å²) in [5.74, 6) is -0.495. The molecule has 0 spiro atoms. The molecule has 0 aliphatic carbocycles. The number of rotatable bonds is 7. The molecule has 1 unspecified atom stereocenters. The Labute approximate surface area is 172 Å². The highest BCUT2D eigenvalue weighted by atomic mass is 19.3. The number of hydrogen-bond acceptors (Lipinski definition) is 5. The van der Waals surface area contributed by atoms with Gasteiger partial charge in [0.15, 0.2) is 0 Å². The maximum Gasteiger partial charge on any atom is 0.387 e. The van der Waals surface area contributed by atoms with E-state index in [9.17, 15) is 23.5 Å². The van der Waals surface area contributed by atoms with Gasteiger partial charge in [-0.3, -0.25) is 9.59 Å². The number of hydrogen-bond donors (Lipinski definition) is 3. The number of ether oxygens (including phenoxy) is 1. The molecule has 1 atom stereocenters. The molecule has 0 bridgehead atoms. The van der Waals surface area contributed by atoms with Crippen molar-refractivity contribution in [3.8, 4) is 5.75 Å². The summed E-state index contributed by atoms with van der Waals surface area (Å²) in [6.07, 6.45) is 0.964. The maximum atomic E-state index is 12.6. The van der Waals surface area contributed by atoms with Crippen LogP contribution in [-0.4, -0.2) is 54.2 Å². The van der Waals surface area contributed by atoms with Crippen LogP contribution in [0.4, 0.5) is 20.2 Å². The number of halogens is 2. The highest BCUT2D eigenvalue weighted by Crippen LogP contribution is 2.19. The number of anilines is 2. The van der Waals surface area contributed by atoms with Crippen LogP contribution in [0.15, 0.2) is 48.5 Å². The molecule has 2 aromatic carbocycles. The molecule has 2 aromatic rings.